The van der Waals surface area contributed by atoms with Gasteiger partial charge in [-0.2, -0.15) is 9.97 Å². The number of rotatable bonds is 5. The first-order valence-electron chi connectivity index (χ1n) is 12.7. The number of amides is 1. The average Bonchev–Trinajstić information content (AvgIpc) is 2.88. The molecular formula is C27H34N6O3. The fourth-order valence-electron chi connectivity index (χ4n) is 4.72. The standard InChI is InChI=1S/C27H34N6O3/c1-17(2)28-26(34)21-7-5-6-20(14-21)23-9-8-22-24(29-23)30-27(33-11-13-36-16-19(33)4)31-25(22)32-10-12-35-15-18(32)3/h5-9,14,17-19H,10-13,15-16H2,1-4H3,(H,28,34)/t18-,19-/m0/s1. The summed E-state index contributed by atoms with van der Waals surface area (Å²) in [6.07, 6.45) is 0. The van der Waals surface area contributed by atoms with Crippen LogP contribution in [-0.2, 0) is 9.47 Å². The van der Waals surface area contributed by atoms with E-state index >= 15 is 0 Å². The quantitative estimate of drug-likeness (QED) is 0.583. The van der Waals surface area contributed by atoms with E-state index < -0.39 is 0 Å². The third-order valence-corrected chi connectivity index (χ3v) is 6.63. The van der Waals surface area contributed by atoms with Crippen LogP contribution in [-0.4, -0.2) is 78.5 Å². The van der Waals surface area contributed by atoms with Crippen LogP contribution in [0.4, 0.5) is 11.8 Å². The van der Waals surface area contributed by atoms with Gasteiger partial charge in [0.05, 0.1) is 49.6 Å². The normalized spacial score (nSPS) is 20.7. The first-order valence-corrected chi connectivity index (χ1v) is 12.7. The van der Waals surface area contributed by atoms with Gasteiger partial charge in [-0.1, -0.05) is 12.1 Å². The minimum atomic E-state index is -0.0952. The van der Waals surface area contributed by atoms with Gasteiger partial charge in [0.25, 0.3) is 5.91 Å². The molecule has 9 heteroatoms. The summed E-state index contributed by atoms with van der Waals surface area (Å²) in [4.78, 5) is 32.0. The summed E-state index contributed by atoms with van der Waals surface area (Å²) in [5.74, 6) is 1.46. The molecule has 1 aromatic carbocycles. The fourth-order valence-corrected chi connectivity index (χ4v) is 4.72. The maximum Gasteiger partial charge on any atom is 0.251 e. The number of hydrogen-bond donors (Lipinski definition) is 1. The van der Waals surface area contributed by atoms with Crippen molar-refractivity contribution in [2.24, 2.45) is 0 Å². The van der Waals surface area contributed by atoms with Crippen LogP contribution in [0.1, 0.15) is 38.1 Å². The molecule has 1 amide bonds. The second-order valence-electron chi connectivity index (χ2n) is 9.86. The van der Waals surface area contributed by atoms with Crippen LogP contribution in [0, 0.1) is 0 Å². The van der Waals surface area contributed by atoms with Gasteiger partial charge in [-0.3, -0.25) is 4.79 Å². The zero-order valence-electron chi connectivity index (χ0n) is 21.4. The number of morpholine rings is 2. The molecule has 0 unspecified atom stereocenters. The van der Waals surface area contributed by atoms with E-state index in [4.69, 9.17) is 24.4 Å². The molecule has 2 aliphatic rings. The second-order valence-corrected chi connectivity index (χ2v) is 9.86. The van der Waals surface area contributed by atoms with Crippen LogP contribution < -0.4 is 15.1 Å². The minimum absolute atomic E-state index is 0.0682. The maximum absolute atomic E-state index is 12.6. The highest BCUT2D eigenvalue weighted by molar-refractivity contribution is 5.96. The maximum atomic E-state index is 12.6. The SMILES string of the molecule is CC(C)NC(=O)c1cccc(-c2ccc3c(N4CCOC[C@@H]4C)nc(N4CCOC[C@@H]4C)nc3n2)c1. The highest BCUT2D eigenvalue weighted by Gasteiger charge is 2.27. The van der Waals surface area contributed by atoms with Gasteiger partial charge >= 0.3 is 0 Å². The lowest BCUT2D eigenvalue weighted by Gasteiger charge is -2.37. The third kappa shape index (κ3) is 4.99. The molecule has 4 heterocycles. The molecule has 3 aromatic rings. The number of benzene rings is 1. The molecule has 1 N–H and O–H groups in total. The second kappa shape index (κ2) is 10.4. The smallest absolute Gasteiger partial charge is 0.251 e. The topological polar surface area (TPSA) is 92.7 Å². The van der Waals surface area contributed by atoms with Gasteiger partial charge in [0.2, 0.25) is 5.95 Å². The van der Waals surface area contributed by atoms with Crippen molar-refractivity contribution in [1.82, 2.24) is 20.3 Å². The predicted molar refractivity (Wildman–Crippen MR) is 141 cm³/mol. The summed E-state index contributed by atoms with van der Waals surface area (Å²) in [6.45, 7) is 12.3. The third-order valence-electron chi connectivity index (χ3n) is 6.63. The van der Waals surface area contributed by atoms with Crippen molar-refractivity contribution < 1.29 is 14.3 Å². The van der Waals surface area contributed by atoms with Crippen LogP contribution in [0.25, 0.3) is 22.3 Å². The average molecular weight is 491 g/mol. The van der Waals surface area contributed by atoms with Crippen molar-refractivity contribution in [3.63, 3.8) is 0 Å². The first kappa shape index (κ1) is 24.4. The number of carbonyl (C=O) groups excluding carboxylic acids is 1. The Bertz CT molecular complexity index is 1250. The van der Waals surface area contributed by atoms with Crippen LogP contribution in [0.15, 0.2) is 36.4 Å². The van der Waals surface area contributed by atoms with E-state index in [9.17, 15) is 4.79 Å². The Kier molecular flexibility index (Phi) is 7.02. The summed E-state index contributed by atoms with van der Waals surface area (Å²) in [5.41, 5.74) is 2.88. The number of fused-ring (bicyclic) bond motifs is 1. The van der Waals surface area contributed by atoms with Crippen molar-refractivity contribution >= 4 is 28.7 Å². The van der Waals surface area contributed by atoms with Crippen LogP contribution in [0.2, 0.25) is 0 Å². The van der Waals surface area contributed by atoms with E-state index in [1.807, 2.05) is 50.2 Å². The van der Waals surface area contributed by atoms with Gasteiger partial charge in [0, 0.05) is 30.3 Å². The Morgan fingerprint density at radius 2 is 1.69 bits per heavy atom. The van der Waals surface area contributed by atoms with E-state index in [1.54, 1.807) is 0 Å². The van der Waals surface area contributed by atoms with E-state index in [2.05, 4.69) is 29.0 Å². The number of ether oxygens (including phenoxy) is 2. The van der Waals surface area contributed by atoms with Crippen molar-refractivity contribution in [3.8, 4) is 11.3 Å². The minimum Gasteiger partial charge on any atom is -0.377 e. The first-order chi connectivity index (χ1) is 17.4. The van der Waals surface area contributed by atoms with E-state index in [0.29, 0.717) is 43.6 Å². The number of aromatic nitrogens is 3. The number of nitrogens with one attached hydrogen (secondary N) is 1. The Hall–Kier alpha value is -3.30. The summed E-state index contributed by atoms with van der Waals surface area (Å²) < 4.78 is 11.3. The number of anilines is 2. The molecule has 0 spiro atoms. The van der Waals surface area contributed by atoms with Gasteiger partial charge in [0.15, 0.2) is 5.65 Å². The molecule has 36 heavy (non-hydrogen) atoms. The molecule has 2 aliphatic heterocycles. The molecule has 0 saturated carbocycles. The highest BCUT2D eigenvalue weighted by Crippen LogP contribution is 2.31. The van der Waals surface area contributed by atoms with Crippen LogP contribution in [0.3, 0.4) is 0 Å². The number of hydrogen-bond acceptors (Lipinski definition) is 8. The summed E-state index contributed by atoms with van der Waals surface area (Å²) in [7, 11) is 0. The molecule has 2 fully saturated rings. The summed E-state index contributed by atoms with van der Waals surface area (Å²) in [5, 5.41) is 3.86. The van der Waals surface area contributed by atoms with Gasteiger partial charge in [-0.25, -0.2) is 4.98 Å². The van der Waals surface area contributed by atoms with Gasteiger partial charge < -0.3 is 24.6 Å². The summed E-state index contributed by atoms with van der Waals surface area (Å²) >= 11 is 0. The largest absolute Gasteiger partial charge is 0.377 e. The fraction of sp³-hybridized carbons (Fsp3) is 0.481. The van der Waals surface area contributed by atoms with Gasteiger partial charge in [0.1, 0.15) is 5.82 Å². The molecule has 0 radical (unpaired) electrons. The Labute approximate surface area is 211 Å². The molecule has 2 saturated heterocycles. The van der Waals surface area contributed by atoms with Crippen LogP contribution >= 0.6 is 0 Å². The monoisotopic (exact) mass is 490 g/mol. The Balaban J connectivity index is 1.59. The van der Waals surface area contributed by atoms with Gasteiger partial charge in [-0.05, 0) is 52.0 Å². The molecule has 9 nitrogen and oxygen atoms in total. The van der Waals surface area contributed by atoms with Crippen molar-refractivity contribution in [2.75, 3.05) is 49.3 Å². The Morgan fingerprint density at radius 1 is 0.972 bits per heavy atom. The lowest BCUT2D eigenvalue weighted by Crippen LogP contribution is -2.46. The molecule has 2 aromatic heterocycles. The van der Waals surface area contributed by atoms with E-state index in [0.717, 1.165) is 35.6 Å². The number of pyridine rings is 1. The van der Waals surface area contributed by atoms with E-state index in [-0.39, 0.29) is 24.0 Å². The number of carbonyl (C=O) groups is 1. The van der Waals surface area contributed by atoms with E-state index in [1.165, 1.54) is 0 Å². The summed E-state index contributed by atoms with van der Waals surface area (Å²) in [6, 6.07) is 12.0. The molecule has 0 bridgehead atoms. The molecule has 5 rings (SSSR count). The lowest BCUT2D eigenvalue weighted by molar-refractivity contribution is 0.0943. The van der Waals surface area contributed by atoms with Crippen molar-refractivity contribution in [3.05, 3.63) is 42.0 Å². The van der Waals surface area contributed by atoms with Crippen molar-refractivity contribution in [2.45, 2.75) is 45.8 Å². The molecule has 0 aliphatic carbocycles. The highest BCUT2D eigenvalue weighted by atomic mass is 16.5. The molecule has 2 atom stereocenters. The molecule has 190 valence electrons. The van der Waals surface area contributed by atoms with Crippen molar-refractivity contribution in [1.29, 1.82) is 0 Å². The zero-order valence-corrected chi connectivity index (χ0v) is 21.4. The van der Waals surface area contributed by atoms with Crippen LogP contribution in [0.5, 0.6) is 0 Å². The lowest BCUT2D eigenvalue weighted by atomic mass is 10.1. The van der Waals surface area contributed by atoms with Gasteiger partial charge in [-0.15, -0.1) is 0 Å². The molecular weight excluding hydrogens is 456 g/mol. The number of nitrogens with zero attached hydrogens (tertiary/aromatic N) is 5. The predicted octanol–water partition coefficient (Wildman–Crippen LogP) is 3.28. The zero-order chi connectivity index (χ0) is 25.2. The Morgan fingerprint density at radius 3 is 2.39 bits per heavy atom.